The predicted molar refractivity (Wildman–Crippen MR) is 80.8 cm³/mol. The zero-order valence-corrected chi connectivity index (χ0v) is 12.4. The maximum Gasteiger partial charge on any atom is 0.0395 e. The summed E-state index contributed by atoms with van der Waals surface area (Å²) < 4.78 is 0.283. The first-order valence-corrected chi connectivity index (χ1v) is 7.70. The number of benzene rings is 1. The number of nitrogens with one attached hydrogen (secondary N) is 1. The molecule has 0 aromatic heterocycles. The molecule has 1 heterocycles. The Morgan fingerprint density at radius 2 is 2.22 bits per heavy atom. The quantitative estimate of drug-likeness (QED) is 0.648. The monoisotopic (exact) mass is 264 g/mol. The van der Waals surface area contributed by atoms with Crippen LogP contribution in [0.25, 0.3) is 0 Å². The van der Waals surface area contributed by atoms with Crippen molar-refractivity contribution in [2.75, 3.05) is 5.75 Å². The first kappa shape index (κ1) is 13.9. The Hall–Kier alpha value is -0.510. The van der Waals surface area contributed by atoms with E-state index < -0.39 is 0 Å². The van der Waals surface area contributed by atoms with Crippen molar-refractivity contribution in [2.24, 2.45) is 5.84 Å². The highest BCUT2D eigenvalue weighted by Gasteiger charge is 2.37. The lowest BCUT2D eigenvalue weighted by atomic mass is 9.89. The summed E-state index contributed by atoms with van der Waals surface area (Å²) in [4.78, 5) is 0. The maximum absolute atomic E-state index is 5.81. The SMILES string of the molecule is Cc1ccc(C)c(CC(NN)C2(C)CCCS2)c1. The van der Waals surface area contributed by atoms with Gasteiger partial charge in [0.15, 0.2) is 0 Å². The summed E-state index contributed by atoms with van der Waals surface area (Å²) in [7, 11) is 0. The van der Waals surface area contributed by atoms with Gasteiger partial charge in [0.2, 0.25) is 0 Å². The Morgan fingerprint density at radius 1 is 1.44 bits per heavy atom. The summed E-state index contributed by atoms with van der Waals surface area (Å²) in [5.41, 5.74) is 7.18. The van der Waals surface area contributed by atoms with Crippen molar-refractivity contribution < 1.29 is 0 Å². The molecule has 0 amide bonds. The molecule has 1 aromatic carbocycles. The highest BCUT2D eigenvalue weighted by atomic mass is 32.2. The van der Waals surface area contributed by atoms with Gasteiger partial charge in [-0.2, -0.15) is 11.8 Å². The molecular weight excluding hydrogens is 240 g/mol. The molecule has 2 rings (SSSR count). The number of hydrogen-bond donors (Lipinski definition) is 2. The van der Waals surface area contributed by atoms with Crippen LogP contribution >= 0.6 is 11.8 Å². The Labute approximate surface area is 115 Å². The Bertz CT molecular complexity index is 411. The van der Waals surface area contributed by atoms with E-state index in [1.165, 1.54) is 35.3 Å². The number of aryl methyl sites for hydroxylation is 2. The van der Waals surface area contributed by atoms with Crippen LogP contribution in [0.4, 0.5) is 0 Å². The second-order valence-corrected chi connectivity index (χ2v) is 7.25. The molecule has 3 heteroatoms. The van der Waals surface area contributed by atoms with Crippen molar-refractivity contribution in [1.82, 2.24) is 5.43 Å². The Balaban J connectivity index is 2.17. The van der Waals surface area contributed by atoms with Crippen LogP contribution in [-0.4, -0.2) is 16.5 Å². The van der Waals surface area contributed by atoms with Crippen molar-refractivity contribution in [1.29, 1.82) is 0 Å². The van der Waals surface area contributed by atoms with Crippen molar-refractivity contribution >= 4 is 11.8 Å². The van der Waals surface area contributed by atoms with Crippen molar-refractivity contribution in [2.45, 2.75) is 50.8 Å². The summed E-state index contributed by atoms with van der Waals surface area (Å²) in [5, 5.41) is 0. The largest absolute Gasteiger partial charge is 0.271 e. The van der Waals surface area contributed by atoms with Crippen molar-refractivity contribution in [3.05, 3.63) is 34.9 Å². The van der Waals surface area contributed by atoms with E-state index >= 15 is 0 Å². The third kappa shape index (κ3) is 2.90. The van der Waals surface area contributed by atoms with E-state index in [0.717, 1.165) is 6.42 Å². The van der Waals surface area contributed by atoms with Crippen LogP contribution in [0.15, 0.2) is 18.2 Å². The summed E-state index contributed by atoms with van der Waals surface area (Å²) in [6.45, 7) is 6.69. The lowest BCUT2D eigenvalue weighted by molar-refractivity contribution is 0.405. The van der Waals surface area contributed by atoms with Gasteiger partial charge in [0.1, 0.15) is 0 Å². The molecule has 2 atom stereocenters. The van der Waals surface area contributed by atoms with Crippen molar-refractivity contribution in [3.8, 4) is 0 Å². The summed E-state index contributed by atoms with van der Waals surface area (Å²) in [5.74, 6) is 7.08. The average Bonchev–Trinajstić information content (AvgIpc) is 2.78. The number of rotatable bonds is 4. The number of nitrogens with two attached hydrogens (primary N) is 1. The Morgan fingerprint density at radius 3 is 2.83 bits per heavy atom. The molecule has 0 bridgehead atoms. The third-order valence-electron chi connectivity index (χ3n) is 4.12. The van der Waals surface area contributed by atoms with Crippen LogP contribution < -0.4 is 11.3 Å². The van der Waals surface area contributed by atoms with Crippen LogP contribution in [0.2, 0.25) is 0 Å². The first-order chi connectivity index (χ1) is 8.55. The van der Waals surface area contributed by atoms with Crippen LogP contribution in [0.5, 0.6) is 0 Å². The van der Waals surface area contributed by atoms with E-state index in [1.54, 1.807) is 0 Å². The van der Waals surface area contributed by atoms with E-state index in [1.807, 2.05) is 0 Å². The molecule has 18 heavy (non-hydrogen) atoms. The minimum Gasteiger partial charge on any atom is -0.271 e. The molecule has 1 aliphatic rings. The molecule has 100 valence electrons. The van der Waals surface area contributed by atoms with E-state index in [0.29, 0.717) is 6.04 Å². The third-order valence-corrected chi connectivity index (χ3v) is 5.76. The van der Waals surface area contributed by atoms with E-state index in [4.69, 9.17) is 5.84 Å². The van der Waals surface area contributed by atoms with Gasteiger partial charge in [0.05, 0.1) is 0 Å². The zero-order valence-electron chi connectivity index (χ0n) is 11.6. The molecule has 1 fully saturated rings. The topological polar surface area (TPSA) is 38.0 Å². The van der Waals surface area contributed by atoms with Gasteiger partial charge in [0.25, 0.3) is 0 Å². The van der Waals surface area contributed by atoms with Gasteiger partial charge < -0.3 is 0 Å². The molecule has 1 aliphatic heterocycles. The predicted octanol–water partition coefficient (Wildman–Crippen LogP) is 2.96. The summed E-state index contributed by atoms with van der Waals surface area (Å²) >= 11 is 2.06. The molecule has 0 radical (unpaired) electrons. The molecule has 2 unspecified atom stereocenters. The van der Waals surface area contributed by atoms with Crippen LogP contribution in [0.3, 0.4) is 0 Å². The van der Waals surface area contributed by atoms with E-state index in [9.17, 15) is 0 Å². The van der Waals surface area contributed by atoms with Gasteiger partial charge in [-0.1, -0.05) is 23.8 Å². The highest BCUT2D eigenvalue weighted by molar-refractivity contribution is 8.00. The molecular formula is C15H24N2S. The lowest BCUT2D eigenvalue weighted by Crippen LogP contribution is -2.50. The average molecular weight is 264 g/mol. The van der Waals surface area contributed by atoms with E-state index in [-0.39, 0.29) is 4.75 Å². The lowest BCUT2D eigenvalue weighted by Gasteiger charge is -2.33. The minimum absolute atomic E-state index is 0.283. The molecule has 1 aromatic rings. The van der Waals surface area contributed by atoms with Gasteiger partial charge in [-0.25, -0.2) is 0 Å². The van der Waals surface area contributed by atoms with Gasteiger partial charge in [-0.15, -0.1) is 0 Å². The van der Waals surface area contributed by atoms with Crippen LogP contribution in [-0.2, 0) is 6.42 Å². The number of thioether (sulfide) groups is 1. The van der Waals surface area contributed by atoms with Crippen LogP contribution in [0, 0.1) is 13.8 Å². The fourth-order valence-electron chi connectivity index (χ4n) is 2.77. The first-order valence-electron chi connectivity index (χ1n) is 6.71. The minimum atomic E-state index is 0.283. The van der Waals surface area contributed by atoms with Gasteiger partial charge in [-0.3, -0.25) is 11.3 Å². The molecule has 0 saturated carbocycles. The van der Waals surface area contributed by atoms with E-state index in [2.05, 4.69) is 56.2 Å². The molecule has 0 spiro atoms. The summed E-state index contributed by atoms with van der Waals surface area (Å²) in [6.07, 6.45) is 3.59. The zero-order chi connectivity index (χ0) is 13.2. The molecule has 2 nitrogen and oxygen atoms in total. The molecule has 1 saturated heterocycles. The number of hydrogen-bond acceptors (Lipinski definition) is 3. The highest BCUT2D eigenvalue weighted by Crippen LogP contribution is 2.41. The second-order valence-electron chi connectivity index (χ2n) is 5.62. The standard InChI is InChI=1S/C15H24N2S/c1-11-5-6-12(2)13(9-11)10-14(17-16)15(3)7-4-8-18-15/h5-6,9,14,17H,4,7-8,10,16H2,1-3H3. The van der Waals surface area contributed by atoms with Crippen LogP contribution in [0.1, 0.15) is 36.5 Å². The Kier molecular flexibility index (Phi) is 4.36. The summed E-state index contributed by atoms with van der Waals surface area (Å²) in [6, 6.07) is 7.03. The maximum atomic E-state index is 5.81. The molecule has 0 aliphatic carbocycles. The van der Waals surface area contributed by atoms with Gasteiger partial charge >= 0.3 is 0 Å². The molecule has 3 N–H and O–H groups in total. The van der Waals surface area contributed by atoms with Crippen molar-refractivity contribution in [3.63, 3.8) is 0 Å². The van der Waals surface area contributed by atoms with Gasteiger partial charge in [0, 0.05) is 10.8 Å². The fourth-order valence-corrected chi connectivity index (χ4v) is 4.16. The normalized spacial score (nSPS) is 25.3. The smallest absolute Gasteiger partial charge is 0.0395 e. The van der Waals surface area contributed by atoms with Gasteiger partial charge in [-0.05, 0) is 56.9 Å². The fraction of sp³-hybridized carbons (Fsp3) is 0.600. The second kappa shape index (κ2) is 5.64. The number of hydrazine groups is 1.